The molecule has 0 aliphatic rings. The maximum atomic E-state index is 10.5. The van der Waals surface area contributed by atoms with Crippen LogP contribution in [-0.2, 0) is 11.2 Å². The zero-order valence-corrected chi connectivity index (χ0v) is 6.15. The van der Waals surface area contributed by atoms with Crippen LogP contribution in [0.1, 0.15) is 16.1 Å². The van der Waals surface area contributed by atoms with Crippen LogP contribution in [0.5, 0.6) is 0 Å². The lowest BCUT2D eigenvalue weighted by molar-refractivity contribution is 0.0695. The number of carboxylic acids is 1. The average molecular weight is 164 g/mol. The van der Waals surface area contributed by atoms with Gasteiger partial charge in [-0.3, -0.25) is 9.78 Å². The minimum atomic E-state index is -1.08. The lowest BCUT2D eigenvalue weighted by atomic mass is 10.1. The lowest BCUT2D eigenvalue weighted by Gasteiger charge is -1.98. The summed E-state index contributed by atoms with van der Waals surface area (Å²) in [6.45, 7) is 0. The van der Waals surface area contributed by atoms with Crippen molar-refractivity contribution in [2.45, 2.75) is 6.42 Å². The molecule has 0 aliphatic carbocycles. The summed E-state index contributed by atoms with van der Waals surface area (Å²) in [5.74, 6) is -1.08. The Kier molecular flexibility index (Phi) is 2.53. The highest BCUT2D eigenvalue weighted by Gasteiger charge is 2.09. The molecule has 0 saturated heterocycles. The molecule has 0 atom stereocenters. The van der Waals surface area contributed by atoms with Gasteiger partial charge in [-0.2, -0.15) is 0 Å². The van der Waals surface area contributed by atoms with Gasteiger partial charge in [-0.15, -0.1) is 0 Å². The molecule has 1 radical (unpaired) electrons. The first-order chi connectivity index (χ1) is 5.75. The number of carbonyl (C=O) groups excluding carboxylic acids is 1. The maximum absolute atomic E-state index is 10.5. The van der Waals surface area contributed by atoms with Crippen molar-refractivity contribution in [2.24, 2.45) is 0 Å². The molecule has 1 aromatic rings. The maximum Gasteiger partial charge on any atom is 0.337 e. The van der Waals surface area contributed by atoms with Crippen LogP contribution in [0.3, 0.4) is 0 Å². The number of pyridine rings is 1. The topological polar surface area (TPSA) is 67.3 Å². The van der Waals surface area contributed by atoms with Gasteiger partial charge in [-0.05, 0) is 12.1 Å². The Labute approximate surface area is 68.9 Å². The number of hydrogen-bond donors (Lipinski definition) is 1. The highest BCUT2D eigenvalue weighted by atomic mass is 16.4. The summed E-state index contributed by atoms with van der Waals surface area (Å²) in [5.41, 5.74) is 0.306. The number of carbonyl (C=O) groups is 1. The van der Waals surface area contributed by atoms with E-state index in [1.54, 1.807) is 6.29 Å². The van der Waals surface area contributed by atoms with Crippen molar-refractivity contribution in [1.29, 1.82) is 0 Å². The minimum Gasteiger partial charge on any atom is -0.478 e. The van der Waals surface area contributed by atoms with Gasteiger partial charge in [0.2, 0.25) is 6.29 Å². The number of aromatic carboxylic acids is 1. The molecular formula is C8H6NO3. The summed E-state index contributed by atoms with van der Waals surface area (Å²) in [6.07, 6.45) is 2.97. The van der Waals surface area contributed by atoms with Crippen LogP contribution in [-0.4, -0.2) is 22.3 Å². The number of nitrogens with zero attached hydrogens (tertiary/aromatic N) is 1. The van der Waals surface area contributed by atoms with Gasteiger partial charge >= 0.3 is 5.97 Å². The third-order valence-electron chi connectivity index (χ3n) is 1.36. The van der Waals surface area contributed by atoms with E-state index in [9.17, 15) is 9.59 Å². The van der Waals surface area contributed by atoms with Crippen LogP contribution in [0.15, 0.2) is 18.3 Å². The highest BCUT2D eigenvalue weighted by molar-refractivity contribution is 5.89. The Bertz CT molecular complexity index is 309. The molecule has 0 aliphatic heterocycles. The Morgan fingerprint density at radius 2 is 2.42 bits per heavy atom. The molecule has 1 rings (SSSR count). The zero-order chi connectivity index (χ0) is 8.97. The average Bonchev–Trinajstić information content (AvgIpc) is 2.05. The van der Waals surface area contributed by atoms with Gasteiger partial charge in [-0.1, -0.05) is 0 Å². The molecule has 61 valence electrons. The molecule has 1 N–H and O–H groups in total. The smallest absolute Gasteiger partial charge is 0.337 e. The van der Waals surface area contributed by atoms with E-state index in [1.807, 2.05) is 0 Å². The van der Waals surface area contributed by atoms with Crippen molar-refractivity contribution in [1.82, 2.24) is 4.98 Å². The van der Waals surface area contributed by atoms with Gasteiger partial charge < -0.3 is 5.11 Å². The summed E-state index contributed by atoms with van der Waals surface area (Å²) in [7, 11) is 0. The molecule has 12 heavy (non-hydrogen) atoms. The number of rotatable bonds is 3. The van der Waals surface area contributed by atoms with Crippen molar-refractivity contribution in [2.75, 3.05) is 0 Å². The monoisotopic (exact) mass is 164 g/mol. The predicted molar refractivity (Wildman–Crippen MR) is 40.6 cm³/mol. The quantitative estimate of drug-likeness (QED) is 0.703. The fraction of sp³-hybridized carbons (Fsp3) is 0.125. The van der Waals surface area contributed by atoms with E-state index >= 15 is 0 Å². The fourth-order valence-corrected chi connectivity index (χ4v) is 0.842. The second-order valence-corrected chi connectivity index (χ2v) is 2.12. The van der Waals surface area contributed by atoms with E-state index in [4.69, 9.17) is 5.11 Å². The van der Waals surface area contributed by atoms with Crippen LogP contribution in [0.4, 0.5) is 0 Å². The van der Waals surface area contributed by atoms with Crippen LogP contribution < -0.4 is 0 Å². The number of hydrogen-bond acceptors (Lipinski definition) is 3. The summed E-state index contributed by atoms with van der Waals surface area (Å²) in [4.78, 5) is 24.3. The fourth-order valence-electron chi connectivity index (χ4n) is 0.842. The molecule has 0 amide bonds. The van der Waals surface area contributed by atoms with Crippen molar-refractivity contribution < 1.29 is 14.7 Å². The lowest BCUT2D eigenvalue weighted by Crippen LogP contribution is -2.04. The molecule has 0 bridgehead atoms. The van der Waals surface area contributed by atoms with Gasteiger partial charge in [0.15, 0.2) is 0 Å². The summed E-state index contributed by atoms with van der Waals surface area (Å²) < 4.78 is 0. The van der Waals surface area contributed by atoms with Crippen molar-refractivity contribution in [3.63, 3.8) is 0 Å². The zero-order valence-electron chi connectivity index (χ0n) is 6.15. The second kappa shape index (κ2) is 3.61. The first-order valence-electron chi connectivity index (χ1n) is 3.28. The Morgan fingerprint density at radius 1 is 1.67 bits per heavy atom. The third-order valence-corrected chi connectivity index (χ3v) is 1.36. The molecule has 4 nitrogen and oxygen atoms in total. The van der Waals surface area contributed by atoms with E-state index in [0.29, 0.717) is 0 Å². The van der Waals surface area contributed by atoms with Crippen molar-refractivity contribution >= 4 is 12.3 Å². The Hall–Kier alpha value is -1.71. The first-order valence-corrected chi connectivity index (χ1v) is 3.28. The molecular weight excluding hydrogens is 158 g/mol. The Balaban J connectivity index is 3.07. The van der Waals surface area contributed by atoms with E-state index in [2.05, 4.69) is 4.98 Å². The summed E-state index contributed by atoms with van der Waals surface area (Å²) >= 11 is 0. The number of aromatic nitrogens is 1. The molecule has 1 heterocycles. The van der Waals surface area contributed by atoms with Crippen LogP contribution in [0.25, 0.3) is 0 Å². The third kappa shape index (κ3) is 1.66. The Morgan fingerprint density at radius 3 is 3.00 bits per heavy atom. The predicted octanol–water partition coefficient (Wildman–Crippen LogP) is 0.432. The molecule has 1 aromatic heterocycles. The van der Waals surface area contributed by atoms with E-state index < -0.39 is 5.97 Å². The van der Waals surface area contributed by atoms with Gasteiger partial charge in [0.1, 0.15) is 0 Å². The van der Waals surface area contributed by atoms with Gasteiger partial charge in [0, 0.05) is 6.20 Å². The van der Waals surface area contributed by atoms with E-state index in [0.717, 1.165) is 0 Å². The van der Waals surface area contributed by atoms with Crippen LogP contribution in [0.2, 0.25) is 0 Å². The largest absolute Gasteiger partial charge is 0.478 e. The van der Waals surface area contributed by atoms with E-state index in [1.165, 1.54) is 18.3 Å². The second-order valence-electron chi connectivity index (χ2n) is 2.12. The van der Waals surface area contributed by atoms with Crippen molar-refractivity contribution in [3.8, 4) is 0 Å². The molecule has 0 spiro atoms. The minimum absolute atomic E-state index is 0.0563. The number of carboxylic acid groups (broad SMARTS) is 1. The SMILES string of the molecule is O=[C]Cc1ncccc1C(=O)O. The standard InChI is InChI=1S/C8H6NO3/c10-5-3-7-6(8(11)12)2-1-4-9-7/h1-2,4H,3H2,(H,11,12). The summed E-state index contributed by atoms with van der Waals surface area (Å²) in [5, 5.41) is 8.62. The van der Waals surface area contributed by atoms with Gasteiger partial charge in [0.05, 0.1) is 17.7 Å². The first kappa shape index (κ1) is 8.39. The van der Waals surface area contributed by atoms with Crippen LogP contribution in [0, 0.1) is 0 Å². The van der Waals surface area contributed by atoms with Crippen LogP contribution >= 0.6 is 0 Å². The molecule has 0 fully saturated rings. The normalized spacial score (nSPS) is 9.33. The van der Waals surface area contributed by atoms with E-state index in [-0.39, 0.29) is 17.7 Å². The summed E-state index contributed by atoms with van der Waals surface area (Å²) in [6, 6.07) is 2.92. The molecule has 4 heteroatoms. The molecule has 0 unspecified atom stereocenters. The molecule has 0 saturated carbocycles. The van der Waals surface area contributed by atoms with Gasteiger partial charge in [-0.25, -0.2) is 4.79 Å². The van der Waals surface area contributed by atoms with Gasteiger partial charge in [0.25, 0.3) is 0 Å². The molecule has 0 aromatic carbocycles. The van der Waals surface area contributed by atoms with Crippen molar-refractivity contribution in [3.05, 3.63) is 29.6 Å². The highest BCUT2D eigenvalue weighted by Crippen LogP contribution is 2.04.